The molecule has 0 radical (unpaired) electrons. The van der Waals surface area contributed by atoms with Crippen LogP contribution in [0.3, 0.4) is 0 Å². The van der Waals surface area contributed by atoms with Gasteiger partial charge in [0.05, 0.1) is 11.5 Å². The van der Waals surface area contributed by atoms with Crippen LogP contribution < -0.4 is 10.0 Å². The van der Waals surface area contributed by atoms with E-state index in [0.29, 0.717) is 36.6 Å². The Kier molecular flexibility index (Phi) is 8.98. The van der Waals surface area contributed by atoms with E-state index in [-0.39, 0.29) is 10.7 Å². The maximum Gasteiger partial charge on any atom is 0.263 e. The molecule has 0 amide bonds. The second-order valence-electron chi connectivity index (χ2n) is 9.34. The van der Waals surface area contributed by atoms with Gasteiger partial charge in [-0.3, -0.25) is 4.72 Å². The quantitative estimate of drug-likeness (QED) is 0.222. The number of ether oxygens (including phenoxy) is 1. The van der Waals surface area contributed by atoms with Crippen molar-refractivity contribution in [2.45, 2.75) is 65.5 Å². The van der Waals surface area contributed by atoms with Gasteiger partial charge in [-0.15, -0.1) is 0 Å². The first-order chi connectivity index (χ1) is 18.7. The SMILES string of the molecule is CCCc1cc(NCc2ccc(-c3ccccc3S(=O)(=O)Nc3noc(C)c3C)c(COCC)c2)nc(C)n1. The molecule has 10 heteroatoms. The Morgan fingerprint density at radius 2 is 1.77 bits per heavy atom. The Bertz CT molecular complexity index is 1550. The van der Waals surface area contributed by atoms with Crippen LogP contribution in [0.5, 0.6) is 0 Å². The fraction of sp³-hybridized carbons (Fsp3) is 0.345. The van der Waals surface area contributed by atoms with Gasteiger partial charge in [-0.2, -0.15) is 0 Å². The van der Waals surface area contributed by atoms with Crippen molar-refractivity contribution in [2.24, 2.45) is 0 Å². The maximum atomic E-state index is 13.5. The smallest absolute Gasteiger partial charge is 0.263 e. The summed E-state index contributed by atoms with van der Waals surface area (Å²) < 4.78 is 40.4. The van der Waals surface area contributed by atoms with Crippen LogP contribution in [0.2, 0.25) is 0 Å². The Morgan fingerprint density at radius 3 is 2.49 bits per heavy atom. The lowest BCUT2D eigenvalue weighted by molar-refractivity contribution is 0.134. The predicted octanol–water partition coefficient (Wildman–Crippen LogP) is 5.96. The summed E-state index contributed by atoms with van der Waals surface area (Å²) in [7, 11) is -3.95. The average Bonchev–Trinajstić information content (AvgIpc) is 3.22. The zero-order chi connectivity index (χ0) is 28.0. The zero-order valence-electron chi connectivity index (χ0n) is 23.0. The van der Waals surface area contributed by atoms with Crippen LogP contribution in [0.25, 0.3) is 11.1 Å². The van der Waals surface area contributed by atoms with Gasteiger partial charge in [-0.1, -0.05) is 54.9 Å². The minimum atomic E-state index is -3.95. The lowest BCUT2D eigenvalue weighted by Gasteiger charge is -2.16. The van der Waals surface area contributed by atoms with Crippen molar-refractivity contribution in [2.75, 3.05) is 16.6 Å². The highest BCUT2D eigenvalue weighted by Gasteiger charge is 2.23. The third kappa shape index (κ3) is 6.82. The first kappa shape index (κ1) is 28.3. The molecule has 0 atom stereocenters. The van der Waals surface area contributed by atoms with Gasteiger partial charge in [0.25, 0.3) is 10.0 Å². The molecule has 0 spiro atoms. The predicted molar refractivity (Wildman–Crippen MR) is 152 cm³/mol. The van der Waals surface area contributed by atoms with Gasteiger partial charge in [0, 0.05) is 36.0 Å². The van der Waals surface area contributed by atoms with E-state index in [1.165, 1.54) is 0 Å². The van der Waals surface area contributed by atoms with Crippen molar-refractivity contribution in [3.63, 3.8) is 0 Å². The van der Waals surface area contributed by atoms with Crippen molar-refractivity contribution in [3.05, 3.63) is 82.5 Å². The second kappa shape index (κ2) is 12.4. The van der Waals surface area contributed by atoms with Crippen molar-refractivity contribution in [1.82, 2.24) is 15.1 Å². The van der Waals surface area contributed by atoms with E-state index >= 15 is 0 Å². The number of aromatic nitrogens is 3. The van der Waals surface area contributed by atoms with Crippen molar-refractivity contribution in [3.8, 4) is 11.1 Å². The highest BCUT2D eigenvalue weighted by Crippen LogP contribution is 2.33. The van der Waals surface area contributed by atoms with Crippen molar-refractivity contribution < 1.29 is 17.7 Å². The first-order valence-corrected chi connectivity index (χ1v) is 14.5. The molecule has 0 aliphatic heterocycles. The van der Waals surface area contributed by atoms with Crippen LogP contribution in [-0.2, 0) is 34.3 Å². The van der Waals surface area contributed by atoms with Crippen LogP contribution in [0.15, 0.2) is 57.9 Å². The molecule has 0 bridgehead atoms. The van der Waals surface area contributed by atoms with Crippen LogP contribution in [-0.4, -0.2) is 30.1 Å². The standard InChI is InChI=1S/C29H35N5O4S/c1-6-10-24-16-28(32-21(5)31-24)30-17-22-13-14-25(23(15-22)18-37-7-2)26-11-8-9-12-27(26)39(35,36)34-29-19(3)20(4)38-33-29/h8-9,11-16H,6-7,10,17-18H2,1-5H3,(H,33,34)(H,30,31,32). The van der Waals surface area contributed by atoms with Gasteiger partial charge in [0.2, 0.25) is 0 Å². The van der Waals surface area contributed by atoms with E-state index in [9.17, 15) is 8.42 Å². The van der Waals surface area contributed by atoms with E-state index in [2.05, 4.69) is 32.1 Å². The zero-order valence-corrected chi connectivity index (χ0v) is 23.9. The second-order valence-corrected chi connectivity index (χ2v) is 11.0. The number of aryl methyl sites for hydroxylation is 3. The summed E-state index contributed by atoms with van der Waals surface area (Å²) in [5.41, 5.74) is 4.93. The first-order valence-electron chi connectivity index (χ1n) is 13.0. The molecule has 4 rings (SSSR count). The molecule has 0 unspecified atom stereocenters. The molecular weight excluding hydrogens is 514 g/mol. The van der Waals surface area contributed by atoms with Gasteiger partial charge in [0.1, 0.15) is 17.4 Å². The fourth-order valence-corrected chi connectivity index (χ4v) is 5.55. The number of nitrogens with zero attached hydrogens (tertiary/aromatic N) is 3. The van der Waals surface area contributed by atoms with E-state index in [1.54, 1.807) is 32.0 Å². The van der Waals surface area contributed by atoms with Gasteiger partial charge >= 0.3 is 0 Å². The van der Waals surface area contributed by atoms with Crippen LogP contribution in [0.4, 0.5) is 11.6 Å². The third-order valence-corrected chi connectivity index (χ3v) is 7.75. The number of rotatable bonds is 12. The lowest BCUT2D eigenvalue weighted by atomic mass is 9.97. The summed E-state index contributed by atoms with van der Waals surface area (Å²) in [5.74, 6) is 2.25. The highest BCUT2D eigenvalue weighted by atomic mass is 32.2. The number of hydrogen-bond acceptors (Lipinski definition) is 8. The van der Waals surface area contributed by atoms with Gasteiger partial charge in [-0.05, 0) is 56.9 Å². The number of nitrogens with one attached hydrogen (secondary N) is 2. The molecule has 2 aromatic heterocycles. The van der Waals surface area contributed by atoms with Crippen molar-refractivity contribution >= 4 is 21.7 Å². The average molecular weight is 550 g/mol. The van der Waals surface area contributed by atoms with E-state index in [0.717, 1.165) is 46.9 Å². The normalized spacial score (nSPS) is 11.5. The van der Waals surface area contributed by atoms with Gasteiger partial charge in [-0.25, -0.2) is 18.4 Å². The van der Waals surface area contributed by atoms with Crippen LogP contribution >= 0.6 is 0 Å². The summed E-state index contributed by atoms with van der Waals surface area (Å²) in [6.07, 6.45) is 1.92. The molecule has 0 aliphatic carbocycles. The molecular formula is C29H35N5O4S. The molecule has 2 aromatic carbocycles. The summed E-state index contributed by atoms with van der Waals surface area (Å²) in [4.78, 5) is 9.16. The molecule has 2 N–H and O–H groups in total. The Morgan fingerprint density at radius 1 is 0.974 bits per heavy atom. The molecule has 2 heterocycles. The summed E-state index contributed by atoms with van der Waals surface area (Å²) in [6, 6.07) is 14.9. The fourth-order valence-electron chi connectivity index (χ4n) is 4.27. The number of hydrogen-bond donors (Lipinski definition) is 2. The monoisotopic (exact) mass is 549 g/mol. The number of anilines is 2. The highest BCUT2D eigenvalue weighted by molar-refractivity contribution is 7.92. The minimum Gasteiger partial charge on any atom is -0.377 e. The Balaban J connectivity index is 1.65. The maximum absolute atomic E-state index is 13.5. The van der Waals surface area contributed by atoms with E-state index in [1.807, 2.05) is 44.2 Å². The molecule has 4 aromatic rings. The molecule has 0 saturated heterocycles. The van der Waals surface area contributed by atoms with Gasteiger partial charge in [0.15, 0.2) is 5.82 Å². The molecule has 39 heavy (non-hydrogen) atoms. The Hall–Kier alpha value is -3.76. The Labute approximate surface area is 230 Å². The van der Waals surface area contributed by atoms with Gasteiger partial charge < -0.3 is 14.6 Å². The summed E-state index contributed by atoms with van der Waals surface area (Å²) in [6.45, 7) is 10.9. The molecule has 0 saturated carbocycles. The van der Waals surface area contributed by atoms with Crippen LogP contribution in [0, 0.1) is 20.8 Å². The summed E-state index contributed by atoms with van der Waals surface area (Å²) in [5, 5.41) is 7.26. The minimum absolute atomic E-state index is 0.147. The summed E-state index contributed by atoms with van der Waals surface area (Å²) >= 11 is 0. The topological polar surface area (TPSA) is 119 Å². The van der Waals surface area contributed by atoms with Crippen LogP contribution in [0.1, 0.15) is 54.2 Å². The lowest BCUT2D eigenvalue weighted by Crippen LogP contribution is -2.15. The third-order valence-electron chi connectivity index (χ3n) is 6.36. The van der Waals surface area contributed by atoms with Crippen molar-refractivity contribution in [1.29, 1.82) is 0 Å². The molecule has 0 aliphatic rings. The molecule has 9 nitrogen and oxygen atoms in total. The molecule has 0 fully saturated rings. The van der Waals surface area contributed by atoms with E-state index < -0.39 is 10.0 Å². The van der Waals surface area contributed by atoms with E-state index in [4.69, 9.17) is 9.26 Å². The largest absolute Gasteiger partial charge is 0.377 e. The number of sulfonamides is 1. The number of benzene rings is 2. The molecule has 206 valence electrons.